The number of anilines is 2. The van der Waals surface area contributed by atoms with E-state index in [1.807, 2.05) is 30.0 Å². The molecule has 0 bridgehead atoms. The van der Waals surface area contributed by atoms with Gasteiger partial charge in [0, 0.05) is 24.0 Å². The number of aryl methyl sites for hydroxylation is 2. The zero-order valence-corrected chi connectivity index (χ0v) is 17.6. The highest BCUT2D eigenvalue weighted by Gasteiger charge is 2.24. The number of hydrogen-bond donors (Lipinski definition) is 1. The lowest BCUT2D eigenvalue weighted by Gasteiger charge is -2.16. The Kier molecular flexibility index (Phi) is 5.38. The summed E-state index contributed by atoms with van der Waals surface area (Å²) in [6.45, 7) is 2.61. The van der Waals surface area contributed by atoms with Gasteiger partial charge in [0.25, 0.3) is 10.0 Å². The molecule has 1 aromatic heterocycles. The van der Waals surface area contributed by atoms with Crippen LogP contribution in [-0.4, -0.2) is 25.9 Å². The predicted molar refractivity (Wildman–Crippen MR) is 115 cm³/mol. The van der Waals surface area contributed by atoms with Gasteiger partial charge in [-0.2, -0.15) is 0 Å². The van der Waals surface area contributed by atoms with E-state index in [-0.39, 0.29) is 10.8 Å². The van der Waals surface area contributed by atoms with Crippen molar-refractivity contribution in [1.29, 1.82) is 0 Å². The fourth-order valence-corrected chi connectivity index (χ4v) is 5.32. The molecule has 0 radical (unpaired) electrons. The van der Waals surface area contributed by atoms with E-state index in [9.17, 15) is 13.2 Å². The van der Waals surface area contributed by atoms with Crippen LogP contribution in [0.25, 0.3) is 0 Å². The minimum absolute atomic E-state index is 0.0599. The minimum Gasteiger partial charge on any atom is -0.312 e. The Labute approximate surface area is 174 Å². The summed E-state index contributed by atoms with van der Waals surface area (Å²) in [4.78, 5) is 19.0. The first-order valence-corrected chi connectivity index (χ1v) is 11.7. The van der Waals surface area contributed by atoms with Crippen molar-refractivity contribution in [3.8, 4) is 0 Å². The molecule has 1 amide bonds. The van der Waals surface area contributed by atoms with Gasteiger partial charge in [-0.05, 0) is 43.5 Å². The largest absolute Gasteiger partial charge is 0.312 e. The summed E-state index contributed by atoms with van der Waals surface area (Å²) in [6, 6.07) is 14.6. The maximum absolute atomic E-state index is 12.6. The number of benzene rings is 2. The van der Waals surface area contributed by atoms with E-state index < -0.39 is 10.0 Å². The maximum atomic E-state index is 12.6. The van der Waals surface area contributed by atoms with Gasteiger partial charge in [0.15, 0.2) is 5.13 Å². The van der Waals surface area contributed by atoms with Crippen molar-refractivity contribution in [2.75, 3.05) is 16.2 Å². The standard InChI is InChI=1S/C21H21N3O3S2/c1-15-6-9-18(10-7-15)29(26,27)23-21-22-17(14-28-21)8-11-20(25)24-13-12-16-4-2-3-5-19(16)24/h2-7,9-10,14H,8,11-13H2,1H3,(H,22,23). The molecule has 150 valence electrons. The fourth-order valence-electron chi connectivity index (χ4n) is 3.33. The lowest BCUT2D eigenvalue weighted by Crippen LogP contribution is -2.29. The summed E-state index contributed by atoms with van der Waals surface area (Å²) in [5.74, 6) is 0.0599. The lowest BCUT2D eigenvalue weighted by atomic mass is 10.2. The molecule has 2 heterocycles. The van der Waals surface area contributed by atoms with E-state index >= 15 is 0 Å². The number of fused-ring (bicyclic) bond motifs is 1. The molecule has 0 unspecified atom stereocenters. The van der Waals surface area contributed by atoms with Crippen LogP contribution in [-0.2, 0) is 27.7 Å². The van der Waals surface area contributed by atoms with Gasteiger partial charge < -0.3 is 4.90 Å². The van der Waals surface area contributed by atoms with E-state index in [4.69, 9.17) is 0 Å². The maximum Gasteiger partial charge on any atom is 0.263 e. The normalized spacial score (nSPS) is 13.3. The molecule has 3 aromatic rings. The Morgan fingerprint density at radius 3 is 2.72 bits per heavy atom. The Hall–Kier alpha value is -2.71. The van der Waals surface area contributed by atoms with E-state index in [2.05, 4.69) is 15.8 Å². The molecule has 1 aliphatic rings. The van der Waals surface area contributed by atoms with Crippen LogP contribution in [0.5, 0.6) is 0 Å². The number of aromatic nitrogens is 1. The van der Waals surface area contributed by atoms with E-state index in [1.165, 1.54) is 16.9 Å². The molecule has 0 aliphatic carbocycles. The Morgan fingerprint density at radius 2 is 1.93 bits per heavy atom. The number of rotatable bonds is 6. The molecule has 4 rings (SSSR count). The van der Waals surface area contributed by atoms with Crippen LogP contribution < -0.4 is 9.62 Å². The van der Waals surface area contributed by atoms with E-state index in [0.29, 0.717) is 30.2 Å². The van der Waals surface area contributed by atoms with Gasteiger partial charge in [0.05, 0.1) is 10.6 Å². The molecule has 1 N–H and O–H groups in total. The van der Waals surface area contributed by atoms with Crippen LogP contribution >= 0.6 is 11.3 Å². The molecule has 8 heteroatoms. The van der Waals surface area contributed by atoms with Gasteiger partial charge in [0.2, 0.25) is 5.91 Å². The van der Waals surface area contributed by atoms with Crippen LogP contribution in [0.2, 0.25) is 0 Å². The van der Waals surface area contributed by atoms with Crippen LogP contribution in [0.15, 0.2) is 58.8 Å². The average molecular weight is 428 g/mol. The van der Waals surface area contributed by atoms with E-state index in [1.54, 1.807) is 29.6 Å². The highest BCUT2D eigenvalue weighted by atomic mass is 32.2. The van der Waals surface area contributed by atoms with Crippen molar-refractivity contribution in [3.63, 3.8) is 0 Å². The topological polar surface area (TPSA) is 79.4 Å². The van der Waals surface area contributed by atoms with Crippen molar-refractivity contribution < 1.29 is 13.2 Å². The summed E-state index contributed by atoms with van der Waals surface area (Å²) in [7, 11) is -3.67. The van der Waals surface area contributed by atoms with Crippen LogP contribution in [0, 0.1) is 6.92 Å². The summed E-state index contributed by atoms with van der Waals surface area (Å²) in [5.41, 5.74) is 3.88. The molecule has 0 atom stereocenters. The van der Waals surface area contributed by atoms with Gasteiger partial charge >= 0.3 is 0 Å². The SMILES string of the molecule is Cc1ccc(S(=O)(=O)Nc2nc(CCC(=O)N3CCc4ccccc43)cs2)cc1. The minimum atomic E-state index is -3.67. The zero-order valence-electron chi connectivity index (χ0n) is 16.0. The summed E-state index contributed by atoms with van der Waals surface area (Å²) in [6.07, 6.45) is 1.69. The first kappa shape index (κ1) is 19.6. The Morgan fingerprint density at radius 1 is 1.17 bits per heavy atom. The quantitative estimate of drug-likeness (QED) is 0.649. The predicted octanol–water partition coefficient (Wildman–Crippen LogP) is 3.77. The van der Waals surface area contributed by atoms with Crippen LogP contribution in [0.1, 0.15) is 23.2 Å². The Balaban J connectivity index is 1.37. The van der Waals surface area contributed by atoms with Crippen molar-refractivity contribution in [2.24, 2.45) is 0 Å². The van der Waals surface area contributed by atoms with Gasteiger partial charge in [-0.3, -0.25) is 9.52 Å². The van der Waals surface area contributed by atoms with Crippen LogP contribution in [0.3, 0.4) is 0 Å². The number of sulfonamides is 1. The second-order valence-electron chi connectivity index (χ2n) is 6.99. The molecule has 2 aromatic carbocycles. The van der Waals surface area contributed by atoms with Crippen molar-refractivity contribution in [2.45, 2.75) is 31.1 Å². The second-order valence-corrected chi connectivity index (χ2v) is 9.53. The van der Waals surface area contributed by atoms with Gasteiger partial charge in [-0.1, -0.05) is 35.9 Å². The highest BCUT2D eigenvalue weighted by Crippen LogP contribution is 2.28. The molecular weight excluding hydrogens is 406 g/mol. The third-order valence-electron chi connectivity index (χ3n) is 4.89. The first-order valence-electron chi connectivity index (χ1n) is 9.34. The lowest BCUT2D eigenvalue weighted by molar-refractivity contribution is -0.118. The number of hydrogen-bond acceptors (Lipinski definition) is 5. The molecule has 0 saturated carbocycles. The number of carbonyl (C=O) groups is 1. The number of thiazole rings is 1. The van der Waals surface area contributed by atoms with Crippen molar-refractivity contribution in [1.82, 2.24) is 4.98 Å². The van der Waals surface area contributed by atoms with Gasteiger partial charge in [0.1, 0.15) is 0 Å². The smallest absolute Gasteiger partial charge is 0.263 e. The first-order chi connectivity index (χ1) is 13.9. The van der Waals surface area contributed by atoms with Gasteiger partial charge in [-0.25, -0.2) is 13.4 Å². The summed E-state index contributed by atoms with van der Waals surface area (Å²) < 4.78 is 27.5. The number of carbonyl (C=O) groups excluding carboxylic acids is 1. The monoisotopic (exact) mass is 427 g/mol. The molecule has 29 heavy (non-hydrogen) atoms. The number of nitrogens with zero attached hydrogens (tertiary/aromatic N) is 2. The van der Waals surface area contributed by atoms with E-state index in [0.717, 1.165) is 17.7 Å². The summed E-state index contributed by atoms with van der Waals surface area (Å²) in [5, 5.41) is 2.10. The molecule has 0 saturated heterocycles. The molecular formula is C21H21N3O3S2. The van der Waals surface area contributed by atoms with Gasteiger partial charge in [-0.15, -0.1) is 11.3 Å². The number of para-hydroxylation sites is 1. The third-order valence-corrected chi connectivity index (χ3v) is 7.18. The molecule has 1 aliphatic heterocycles. The zero-order chi connectivity index (χ0) is 20.4. The molecule has 0 spiro atoms. The molecule has 6 nitrogen and oxygen atoms in total. The Bertz CT molecular complexity index is 1140. The summed E-state index contributed by atoms with van der Waals surface area (Å²) >= 11 is 1.22. The average Bonchev–Trinajstić information content (AvgIpc) is 3.33. The van der Waals surface area contributed by atoms with Crippen molar-refractivity contribution >= 4 is 38.1 Å². The number of nitrogens with one attached hydrogen (secondary N) is 1. The second kappa shape index (κ2) is 7.96. The number of amides is 1. The molecule has 0 fully saturated rings. The third kappa shape index (κ3) is 4.33. The van der Waals surface area contributed by atoms with Crippen molar-refractivity contribution in [3.05, 3.63) is 70.7 Å². The fraction of sp³-hybridized carbons (Fsp3) is 0.238. The van der Waals surface area contributed by atoms with Crippen LogP contribution in [0.4, 0.5) is 10.8 Å². The highest BCUT2D eigenvalue weighted by molar-refractivity contribution is 7.93.